The van der Waals surface area contributed by atoms with Crippen molar-refractivity contribution in [1.29, 1.82) is 0 Å². The highest BCUT2D eigenvalue weighted by atomic mass is 32.2. The molecule has 2 heterocycles. The second-order valence-corrected chi connectivity index (χ2v) is 6.04. The molecule has 20 heavy (non-hydrogen) atoms. The van der Waals surface area contributed by atoms with Gasteiger partial charge in [0.25, 0.3) is 5.56 Å². The minimum atomic E-state index is -1.05. The summed E-state index contributed by atoms with van der Waals surface area (Å²) >= 11 is 1.35. The molecule has 1 atom stereocenters. The number of fused-ring (bicyclic) bond motifs is 1. The van der Waals surface area contributed by atoms with Crippen molar-refractivity contribution < 1.29 is 15.0 Å². The summed E-state index contributed by atoms with van der Waals surface area (Å²) in [6.45, 7) is 1.11. The number of hydrogen-bond acceptors (Lipinski definition) is 6. The molecule has 0 saturated heterocycles. The van der Waals surface area contributed by atoms with Crippen molar-refractivity contribution >= 4 is 17.7 Å². The molecule has 8 heteroatoms. The van der Waals surface area contributed by atoms with Gasteiger partial charge in [-0.05, 0) is 6.92 Å². The van der Waals surface area contributed by atoms with Crippen molar-refractivity contribution in [3.05, 3.63) is 22.6 Å². The van der Waals surface area contributed by atoms with Crippen LogP contribution in [-0.2, 0) is 11.3 Å². The first-order valence-corrected chi connectivity index (χ1v) is 7.20. The third-order valence-electron chi connectivity index (χ3n) is 3.21. The monoisotopic (exact) mass is 299 g/mol. The Morgan fingerprint density at radius 1 is 1.60 bits per heavy atom. The van der Waals surface area contributed by atoms with Crippen LogP contribution < -0.4 is 10.9 Å². The van der Waals surface area contributed by atoms with Gasteiger partial charge in [-0.2, -0.15) is 0 Å². The van der Waals surface area contributed by atoms with Crippen LogP contribution in [0.25, 0.3) is 0 Å². The van der Waals surface area contributed by atoms with Crippen molar-refractivity contribution in [2.24, 2.45) is 5.92 Å². The van der Waals surface area contributed by atoms with E-state index >= 15 is 0 Å². The molecule has 0 aromatic carbocycles. The number of amides is 1. The van der Waals surface area contributed by atoms with E-state index < -0.39 is 11.5 Å². The number of nitrogens with one attached hydrogen (secondary N) is 1. The number of thioether (sulfide) groups is 1. The fourth-order valence-electron chi connectivity index (χ4n) is 1.84. The van der Waals surface area contributed by atoms with Crippen LogP contribution in [0.5, 0.6) is 0 Å². The van der Waals surface area contributed by atoms with Gasteiger partial charge in [0.05, 0.1) is 24.7 Å². The number of carbonyl (C=O) groups is 1. The van der Waals surface area contributed by atoms with Crippen LogP contribution in [0.15, 0.2) is 22.2 Å². The van der Waals surface area contributed by atoms with E-state index in [1.165, 1.54) is 28.6 Å². The molecule has 1 aliphatic rings. The summed E-state index contributed by atoms with van der Waals surface area (Å²) in [4.78, 5) is 28.0. The van der Waals surface area contributed by atoms with Crippen LogP contribution in [0.2, 0.25) is 0 Å². The zero-order valence-electron chi connectivity index (χ0n) is 11.1. The molecular weight excluding hydrogens is 282 g/mol. The van der Waals surface area contributed by atoms with E-state index in [4.69, 9.17) is 0 Å². The van der Waals surface area contributed by atoms with Gasteiger partial charge in [-0.1, -0.05) is 11.8 Å². The standard InChI is InChI=1S/C12H17N3O4S/c1-12(6-16,7-17)14-10(19)8-4-15-9(18)2-3-13-11(15)20-5-8/h2-3,8,16-17H,4-7H2,1H3,(H,14,19). The second-order valence-electron chi connectivity index (χ2n) is 5.05. The Bertz CT molecular complexity index is 556. The molecule has 3 N–H and O–H groups in total. The zero-order chi connectivity index (χ0) is 14.8. The number of carbonyl (C=O) groups excluding carboxylic acids is 1. The van der Waals surface area contributed by atoms with Gasteiger partial charge in [0.15, 0.2) is 5.16 Å². The van der Waals surface area contributed by atoms with Crippen molar-refractivity contribution in [3.63, 3.8) is 0 Å². The molecule has 1 amide bonds. The first kappa shape index (κ1) is 15.0. The van der Waals surface area contributed by atoms with Crippen molar-refractivity contribution in [1.82, 2.24) is 14.9 Å². The summed E-state index contributed by atoms with van der Waals surface area (Å²) in [7, 11) is 0. The van der Waals surface area contributed by atoms with Crippen molar-refractivity contribution in [3.8, 4) is 0 Å². The predicted molar refractivity (Wildman–Crippen MR) is 73.4 cm³/mol. The van der Waals surface area contributed by atoms with Gasteiger partial charge in [0.1, 0.15) is 0 Å². The number of rotatable bonds is 4. The largest absolute Gasteiger partial charge is 0.394 e. The number of nitrogens with zero attached hydrogens (tertiary/aromatic N) is 2. The van der Waals surface area contributed by atoms with E-state index in [1.54, 1.807) is 6.92 Å². The minimum absolute atomic E-state index is 0.188. The first-order chi connectivity index (χ1) is 9.49. The quantitative estimate of drug-likeness (QED) is 0.605. The SMILES string of the molecule is CC(CO)(CO)NC(=O)C1CSc2nccc(=O)n2C1. The van der Waals surface area contributed by atoms with Crippen LogP contribution in [0.3, 0.4) is 0 Å². The Kier molecular flexibility index (Phi) is 4.46. The van der Waals surface area contributed by atoms with Gasteiger partial charge in [-0.3, -0.25) is 14.2 Å². The molecule has 0 fully saturated rings. The Balaban J connectivity index is 2.11. The topological polar surface area (TPSA) is 104 Å². The van der Waals surface area contributed by atoms with Gasteiger partial charge >= 0.3 is 0 Å². The maximum Gasteiger partial charge on any atom is 0.254 e. The second kappa shape index (κ2) is 5.94. The Morgan fingerprint density at radius 2 is 2.30 bits per heavy atom. The molecule has 0 spiro atoms. The molecule has 0 saturated carbocycles. The molecule has 1 unspecified atom stereocenters. The molecule has 1 aromatic heterocycles. The maximum atomic E-state index is 12.2. The Morgan fingerprint density at radius 3 is 2.95 bits per heavy atom. The highest BCUT2D eigenvalue weighted by Crippen LogP contribution is 2.24. The summed E-state index contributed by atoms with van der Waals surface area (Å²) in [5, 5.41) is 21.6. The number of aliphatic hydroxyl groups excluding tert-OH is 2. The van der Waals surface area contributed by atoms with Crippen molar-refractivity contribution in [2.75, 3.05) is 19.0 Å². The highest BCUT2D eigenvalue weighted by Gasteiger charge is 2.31. The lowest BCUT2D eigenvalue weighted by molar-refractivity contribution is -0.127. The molecule has 2 rings (SSSR count). The Hall–Kier alpha value is -1.38. The van der Waals surface area contributed by atoms with Crippen LogP contribution in [0, 0.1) is 5.92 Å². The summed E-state index contributed by atoms with van der Waals surface area (Å²) in [5.74, 6) is -0.175. The van der Waals surface area contributed by atoms with E-state index in [1.807, 2.05) is 0 Å². The first-order valence-electron chi connectivity index (χ1n) is 6.21. The normalized spacial score (nSPS) is 18.4. The summed E-state index contributed by atoms with van der Waals surface area (Å²) in [6.07, 6.45) is 1.45. The van der Waals surface area contributed by atoms with Crippen LogP contribution >= 0.6 is 11.8 Å². The van der Waals surface area contributed by atoms with Crippen LogP contribution in [-0.4, -0.2) is 50.2 Å². The Labute approximate surface area is 120 Å². The fourth-order valence-corrected chi connectivity index (χ4v) is 2.90. The average molecular weight is 299 g/mol. The molecule has 0 aliphatic carbocycles. The predicted octanol–water partition coefficient (Wildman–Crippen LogP) is -1.18. The lowest BCUT2D eigenvalue weighted by Crippen LogP contribution is -2.54. The van der Waals surface area contributed by atoms with E-state index in [2.05, 4.69) is 10.3 Å². The van der Waals surface area contributed by atoms with Crippen LogP contribution in [0.1, 0.15) is 6.92 Å². The molecule has 1 aromatic rings. The molecule has 0 bridgehead atoms. The van der Waals surface area contributed by atoms with Gasteiger partial charge in [0.2, 0.25) is 5.91 Å². The molecule has 1 aliphatic heterocycles. The minimum Gasteiger partial charge on any atom is -0.394 e. The molecule has 7 nitrogen and oxygen atoms in total. The third kappa shape index (κ3) is 3.02. The highest BCUT2D eigenvalue weighted by molar-refractivity contribution is 7.99. The number of aromatic nitrogens is 2. The van der Waals surface area contributed by atoms with Gasteiger partial charge < -0.3 is 15.5 Å². The average Bonchev–Trinajstić information content (AvgIpc) is 2.47. The van der Waals surface area contributed by atoms with Gasteiger partial charge in [-0.15, -0.1) is 0 Å². The number of hydrogen-bond donors (Lipinski definition) is 3. The fraction of sp³-hybridized carbons (Fsp3) is 0.583. The maximum absolute atomic E-state index is 12.2. The smallest absolute Gasteiger partial charge is 0.254 e. The number of aliphatic hydroxyl groups is 2. The lowest BCUT2D eigenvalue weighted by Gasteiger charge is -2.30. The van der Waals surface area contributed by atoms with E-state index in [0.717, 1.165) is 0 Å². The van der Waals surface area contributed by atoms with Gasteiger partial charge in [0, 0.05) is 24.6 Å². The molecule has 110 valence electrons. The van der Waals surface area contributed by atoms with E-state index in [-0.39, 0.29) is 31.2 Å². The van der Waals surface area contributed by atoms with E-state index in [9.17, 15) is 19.8 Å². The van der Waals surface area contributed by atoms with E-state index in [0.29, 0.717) is 10.9 Å². The van der Waals surface area contributed by atoms with Gasteiger partial charge in [-0.25, -0.2) is 4.98 Å². The summed E-state index contributed by atoms with van der Waals surface area (Å²) in [5.41, 5.74) is -1.24. The zero-order valence-corrected chi connectivity index (χ0v) is 11.9. The summed E-state index contributed by atoms with van der Waals surface area (Å²) < 4.78 is 1.47. The molecular formula is C12H17N3O4S. The third-order valence-corrected chi connectivity index (χ3v) is 4.36. The molecule has 0 radical (unpaired) electrons. The van der Waals surface area contributed by atoms with Crippen LogP contribution in [0.4, 0.5) is 0 Å². The lowest BCUT2D eigenvalue weighted by atomic mass is 10.0. The summed E-state index contributed by atoms with van der Waals surface area (Å²) in [6, 6.07) is 1.36. The van der Waals surface area contributed by atoms with Crippen molar-refractivity contribution in [2.45, 2.75) is 24.2 Å².